The Morgan fingerprint density at radius 2 is 1.27 bits per heavy atom. The molecule has 4 amide bonds. The fourth-order valence-corrected chi connectivity index (χ4v) is 2.33. The van der Waals surface area contributed by atoms with Crippen molar-refractivity contribution in [3.63, 3.8) is 0 Å². The highest BCUT2D eigenvalue weighted by Gasteiger charge is 2.30. The standard InChI is InChI=1S/C17H31N5O8/c1-8(2)5-10(17(29)30)20-15(27)12(7-24)22-16(28)11(6-23)21-14(26)9(18)3-4-13(19)25/h8-12,23-24H,3-7,18H2,1-2H3,(H2,19,25)(H,20,27)(H,21,26)(H,22,28)(H,29,30). The van der Waals surface area contributed by atoms with Crippen molar-refractivity contribution in [3.8, 4) is 0 Å². The van der Waals surface area contributed by atoms with Crippen LogP contribution in [0.1, 0.15) is 33.1 Å². The van der Waals surface area contributed by atoms with Crippen LogP contribution in [0.15, 0.2) is 0 Å². The first kappa shape index (κ1) is 27.2. The lowest BCUT2D eigenvalue weighted by Gasteiger charge is -2.23. The van der Waals surface area contributed by atoms with Crippen LogP contribution in [0.4, 0.5) is 0 Å². The molecule has 0 bridgehead atoms. The minimum absolute atomic E-state index is 0.0404. The SMILES string of the molecule is CC(C)CC(NC(=O)C(CO)NC(=O)C(CO)NC(=O)C(N)CCC(N)=O)C(=O)O. The highest BCUT2D eigenvalue weighted by atomic mass is 16.4. The number of hydrogen-bond donors (Lipinski definition) is 8. The molecule has 0 spiro atoms. The molecule has 0 aromatic rings. The Labute approximate surface area is 173 Å². The Morgan fingerprint density at radius 1 is 0.833 bits per heavy atom. The number of aliphatic carboxylic acids is 1. The molecule has 0 saturated heterocycles. The molecular formula is C17H31N5O8. The lowest BCUT2D eigenvalue weighted by molar-refractivity contribution is -0.143. The summed E-state index contributed by atoms with van der Waals surface area (Å²) in [4.78, 5) is 58.5. The smallest absolute Gasteiger partial charge is 0.326 e. The van der Waals surface area contributed by atoms with Crippen molar-refractivity contribution >= 4 is 29.6 Å². The predicted octanol–water partition coefficient (Wildman–Crippen LogP) is -3.85. The Hall–Kier alpha value is -2.77. The molecule has 0 aliphatic rings. The summed E-state index contributed by atoms with van der Waals surface area (Å²) in [5.41, 5.74) is 10.5. The van der Waals surface area contributed by atoms with E-state index in [0.29, 0.717) is 0 Å². The third-order valence-corrected chi connectivity index (χ3v) is 3.99. The second kappa shape index (κ2) is 13.5. The first-order valence-electron chi connectivity index (χ1n) is 9.32. The maximum atomic E-state index is 12.3. The zero-order valence-corrected chi connectivity index (χ0v) is 17.0. The lowest BCUT2D eigenvalue weighted by atomic mass is 10.0. The molecule has 30 heavy (non-hydrogen) atoms. The fourth-order valence-electron chi connectivity index (χ4n) is 2.33. The number of carbonyl (C=O) groups is 5. The van der Waals surface area contributed by atoms with Crippen LogP contribution in [-0.4, -0.2) is 82.3 Å². The second-order valence-corrected chi connectivity index (χ2v) is 7.13. The molecule has 0 heterocycles. The van der Waals surface area contributed by atoms with Gasteiger partial charge in [0.25, 0.3) is 0 Å². The first-order chi connectivity index (χ1) is 13.9. The highest BCUT2D eigenvalue weighted by molar-refractivity contribution is 5.94. The van der Waals surface area contributed by atoms with E-state index >= 15 is 0 Å². The maximum absolute atomic E-state index is 12.3. The van der Waals surface area contributed by atoms with E-state index in [4.69, 9.17) is 11.5 Å². The molecule has 0 fully saturated rings. The van der Waals surface area contributed by atoms with Crippen LogP contribution < -0.4 is 27.4 Å². The summed E-state index contributed by atoms with van der Waals surface area (Å²) in [5, 5.41) is 34.4. The summed E-state index contributed by atoms with van der Waals surface area (Å²) in [7, 11) is 0. The van der Waals surface area contributed by atoms with Gasteiger partial charge in [-0.1, -0.05) is 13.8 Å². The van der Waals surface area contributed by atoms with Gasteiger partial charge in [-0.15, -0.1) is 0 Å². The topological polar surface area (TPSA) is 234 Å². The largest absolute Gasteiger partial charge is 0.480 e. The molecule has 172 valence electrons. The average molecular weight is 433 g/mol. The van der Waals surface area contributed by atoms with Crippen molar-refractivity contribution in [2.75, 3.05) is 13.2 Å². The predicted molar refractivity (Wildman–Crippen MR) is 103 cm³/mol. The summed E-state index contributed by atoms with van der Waals surface area (Å²) in [5.74, 6) is -4.76. The Bertz CT molecular complexity index is 627. The molecule has 4 unspecified atom stereocenters. The molecule has 0 rings (SSSR count). The van der Waals surface area contributed by atoms with Gasteiger partial charge in [-0.25, -0.2) is 4.79 Å². The Kier molecular flexibility index (Phi) is 12.2. The molecule has 13 heteroatoms. The van der Waals surface area contributed by atoms with Gasteiger partial charge in [0.1, 0.15) is 18.1 Å². The number of carboxylic acids is 1. The van der Waals surface area contributed by atoms with Gasteiger partial charge in [0.15, 0.2) is 0 Å². The number of amides is 4. The van der Waals surface area contributed by atoms with Gasteiger partial charge in [-0.05, 0) is 18.8 Å². The molecule has 13 nitrogen and oxygen atoms in total. The van der Waals surface area contributed by atoms with E-state index in [0.717, 1.165) is 0 Å². The van der Waals surface area contributed by atoms with Crippen molar-refractivity contribution in [1.29, 1.82) is 0 Å². The summed E-state index contributed by atoms with van der Waals surface area (Å²) in [6.07, 6.45) is -0.0980. The van der Waals surface area contributed by atoms with Crippen LogP contribution in [0.5, 0.6) is 0 Å². The molecule has 0 aromatic heterocycles. The number of aliphatic hydroxyl groups is 2. The van der Waals surface area contributed by atoms with E-state index in [9.17, 15) is 39.3 Å². The molecule has 0 aliphatic heterocycles. The Morgan fingerprint density at radius 3 is 1.63 bits per heavy atom. The van der Waals surface area contributed by atoms with E-state index in [2.05, 4.69) is 16.0 Å². The fraction of sp³-hybridized carbons (Fsp3) is 0.706. The van der Waals surface area contributed by atoms with Gasteiger partial charge in [-0.2, -0.15) is 0 Å². The van der Waals surface area contributed by atoms with Crippen LogP contribution in [0.3, 0.4) is 0 Å². The van der Waals surface area contributed by atoms with Gasteiger partial charge in [0.2, 0.25) is 23.6 Å². The van der Waals surface area contributed by atoms with E-state index in [1.165, 1.54) is 0 Å². The van der Waals surface area contributed by atoms with Crippen LogP contribution in [0.2, 0.25) is 0 Å². The number of aliphatic hydroxyl groups excluding tert-OH is 2. The van der Waals surface area contributed by atoms with Crippen LogP contribution in [-0.2, 0) is 24.0 Å². The molecule has 10 N–H and O–H groups in total. The van der Waals surface area contributed by atoms with Crippen LogP contribution >= 0.6 is 0 Å². The molecule has 0 saturated carbocycles. The summed E-state index contributed by atoms with van der Waals surface area (Å²) >= 11 is 0. The van der Waals surface area contributed by atoms with Gasteiger partial charge in [-0.3, -0.25) is 19.2 Å². The van der Waals surface area contributed by atoms with Crippen molar-refractivity contribution in [3.05, 3.63) is 0 Å². The number of primary amides is 1. The third-order valence-electron chi connectivity index (χ3n) is 3.99. The van der Waals surface area contributed by atoms with Gasteiger partial charge in [0, 0.05) is 6.42 Å². The monoisotopic (exact) mass is 433 g/mol. The number of hydrogen-bond acceptors (Lipinski definition) is 8. The van der Waals surface area contributed by atoms with Crippen molar-refractivity contribution < 1.29 is 39.3 Å². The average Bonchev–Trinajstić information content (AvgIpc) is 2.66. The van der Waals surface area contributed by atoms with E-state index in [1.807, 2.05) is 0 Å². The van der Waals surface area contributed by atoms with Gasteiger partial charge in [0.05, 0.1) is 19.3 Å². The quantitative estimate of drug-likeness (QED) is 0.134. The van der Waals surface area contributed by atoms with Crippen LogP contribution in [0.25, 0.3) is 0 Å². The third kappa shape index (κ3) is 10.1. The highest BCUT2D eigenvalue weighted by Crippen LogP contribution is 2.05. The number of carbonyl (C=O) groups excluding carboxylic acids is 4. The summed E-state index contributed by atoms with van der Waals surface area (Å²) in [6.45, 7) is 1.83. The molecule has 4 atom stereocenters. The van der Waals surface area contributed by atoms with Gasteiger partial charge < -0.3 is 42.7 Å². The number of nitrogens with two attached hydrogens (primary N) is 2. The Balaban J connectivity index is 4.96. The molecular weight excluding hydrogens is 402 g/mol. The van der Waals surface area contributed by atoms with Gasteiger partial charge >= 0.3 is 5.97 Å². The minimum atomic E-state index is -1.51. The lowest BCUT2D eigenvalue weighted by Crippen LogP contribution is -2.59. The minimum Gasteiger partial charge on any atom is -0.480 e. The first-order valence-corrected chi connectivity index (χ1v) is 9.32. The zero-order valence-electron chi connectivity index (χ0n) is 17.0. The molecule has 0 aromatic carbocycles. The molecule has 0 radical (unpaired) electrons. The van der Waals surface area contributed by atoms with Crippen molar-refractivity contribution in [2.45, 2.75) is 57.3 Å². The normalized spacial score (nSPS) is 14.9. The van der Waals surface area contributed by atoms with E-state index in [-0.39, 0.29) is 25.2 Å². The zero-order chi connectivity index (χ0) is 23.4. The summed E-state index contributed by atoms with van der Waals surface area (Å²) in [6, 6.07) is -5.39. The number of nitrogens with one attached hydrogen (secondary N) is 3. The van der Waals surface area contributed by atoms with E-state index in [1.54, 1.807) is 13.8 Å². The summed E-state index contributed by atoms with van der Waals surface area (Å²) < 4.78 is 0. The number of rotatable bonds is 14. The van der Waals surface area contributed by atoms with Crippen LogP contribution in [0, 0.1) is 5.92 Å². The maximum Gasteiger partial charge on any atom is 0.326 e. The van der Waals surface area contributed by atoms with E-state index < -0.39 is 67.0 Å². The van der Waals surface area contributed by atoms with Crippen molar-refractivity contribution in [1.82, 2.24) is 16.0 Å². The molecule has 0 aliphatic carbocycles. The number of carboxylic acid groups (broad SMARTS) is 1. The second-order valence-electron chi connectivity index (χ2n) is 7.13. The van der Waals surface area contributed by atoms with Crippen molar-refractivity contribution in [2.24, 2.45) is 17.4 Å².